The summed E-state index contributed by atoms with van der Waals surface area (Å²) >= 11 is 0. The summed E-state index contributed by atoms with van der Waals surface area (Å²) in [6, 6.07) is 5.48. The molecule has 0 fully saturated rings. The monoisotopic (exact) mass is 299 g/mol. The molecule has 1 atom stereocenters. The molecule has 1 aromatic rings. The number of nitrogens with one attached hydrogen (secondary N) is 2. The Balaban J connectivity index is 0.00000361. The molecule has 6 heteroatoms. The van der Waals surface area contributed by atoms with Crippen molar-refractivity contribution in [1.82, 2.24) is 0 Å². The molecule has 0 radical (unpaired) electrons. The third-order valence-electron chi connectivity index (χ3n) is 2.59. The number of nitrogens with two attached hydrogens (primary N) is 1. The fourth-order valence-electron chi connectivity index (χ4n) is 1.63. The molecule has 2 amide bonds. The first-order valence-corrected chi connectivity index (χ1v) is 6.32. The summed E-state index contributed by atoms with van der Waals surface area (Å²) in [4.78, 5) is 22.9. The minimum atomic E-state index is -0.171. The topological polar surface area (TPSA) is 84.2 Å². The van der Waals surface area contributed by atoms with Crippen LogP contribution in [0.25, 0.3) is 0 Å². The molecular weight excluding hydrogens is 278 g/mol. The van der Waals surface area contributed by atoms with Crippen molar-refractivity contribution in [2.24, 2.45) is 5.73 Å². The standard InChI is InChI=1S/C14H21N3O2.ClH/c1-9-4-6-12(16-11(3)18)13(8-9)17-14(19)7-5-10(2)15;/h4,6,8,10H,5,7,15H2,1-3H3,(H,16,18)(H,17,19);1H. The van der Waals surface area contributed by atoms with Crippen LogP contribution in [0, 0.1) is 6.92 Å². The fraction of sp³-hybridized carbons (Fsp3) is 0.429. The highest BCUT2D eigenvalue weighted by atomic mass is 35.5. The van der Waals surface area contributed by atoms with Crippen molar-refractivity contribution in [2.75, 3.05) is 10.6 Å². The Morgan fingerprint density at radius 2 is 1.90 bits per heavy atom. The first-order chi connectivity index (χ1) is 8.88. The van der Waals surface area contributed by atoms with E-state index < -0.39 is 0 Å². The van der Waals surface area contributed by atoms with Gasteiger partial charge in [0.2, 0.25) is 11.8 Å². The first-order valence-electron chi connectivity index (χ1n) is 6.32. The largest absolute Gasteiger partial charge is 0.328 e. The van der Waals surface area contributed by atoms with Crippen LogP contribution in [0.4, 0.5) is 11.4 Å². The molecule has 1 aromatic carbocycles. The molecule has 0 aliphatic carbocycles. The number of halogens is 1. The van der Waals surface area contributed by atoms with Crippen LogP contribution in [0.5, 0.6) is 0 Å². The second kappa shape index (κ2) is 8.55. The molecule has 112 valence electrons. The molecule has 1 rings (SSSR count). The zero-order chi connectivity index (χ0) is 14.4. The molecule has 0 bridgehead atoms. The molecule has 0 aliphatic heterocycles. The van der Waals surface area contributed by atoms with Crippen molar-refractivity contribution in [1.29, 1.82) is 0 Å². The van der Waals surface area contributed by atoms with E-state index >= 15 is 0 Å². The molecule has 0 spiro atoms. The maximum atomic E-state index is 11.8. The van der Waals surface area contributed by atoms with E-state index in [1.54, 1.807) is 6.07 Å². The summed E-state index contributed by atoms with van der Waals surface area (Å²) in [6.07, 6.45) is 0.998. The lowest BCUT2D eigenvalue weighted by Gasteiger charge is -2.13. The van der Waals surface area contributed by atoms with E-state index in [2.05, 4.69) is 10.6 Å². The van der Waals surface area contributed by atoms with Gasteiger partial charge in [-0.25, -0.2) is 0 Å². The summed E-state index contributed by atoms with van der Waals surface area (Å²) < 4.78 is 0. The Morgan fingerprint density at radius 1 is 1.25 bits per heavy atom. The lowest BCUT2D eigenvalue weighted by atomic mass is 10.1. The average molecular weight is 300 g/mol. The minimum Gasteiger partial charge on any atom is -0.328 e. The number of carbonyl (C=O) groups is 2. The van der Waals surface area contributed by atoms with Crippen LogP contribution in [0.15, 0.2) is 18.2 Å². The van der Waals surface area contributed by atoms with Gasteiger partial charge in [0.05, 0.1) is 11.4 Å². The highest BCUT2D eigenvalue weighted by Crippen LogP contribution is 2.23. The molecular formula is C14H22ClN3O2. The van der Waals surface area contributed by atoms with Crippen LogP contribution < -0.4 is 16.4 Å². The van der Waals surface area contributed by atoms with Gasteiger partial charge in [-0.2, -0.15) is 0 Å². The lowest BCUT2D eigenvalue weighted by molar-refractivity contribution is -0.116. The molecule has 4 N–H and O–H groups in total. The number of aryl methyl sites for hydroxylation is 1. The molecule has 5 nitrogen and oxygen atoms in total. The number of amides is 2. The van der Waals surface area contributed by atoms with Gasteiger partial charge in [0, 0.05) is 19.4 Å². The Kier molecular flexibility index (Phi) is 7.87. The normalized spacial score (nSPS) is 11.2. The van der Waals surface area contributed by atoms with Crippen LogP contribution in [0.3, 0.4) is 0 Å². The van der Waals surface area contributed by atoms with Gasteiger partial charge in [0.25, 0.3) is 0 Å². The first kappa shape index (κ1) is 18.4. The number of benzene rings is 1. The van der Waals surface area contributed by atoms with Crippen LogP contribution in [0.1, 0.15) is 32.3 Å². The van der Waals surface area contributed by atoms with Gasteiger partial charge in [0.15, 0.2) is 0 Å². The summed E-state index contributed by atoms with van der Waals surface area (Å²) in [6.45, 7) is 5.22. The van der Waals surface area contributed by atoms with Crippen LogP contribution in [-0.2, 0) is 9.59 Å². The van der Waals surface area contributed by atoms with E-state index in [4.69, 9.17) is 5.73 Å². The molecule has 0 saturated heterocycles. The predicted molar refractivity (Wildman–Crippen MR) is 84.2 cm³/mol. The van der Waals surface area contributed by atoms with Gasteiger partial charge in [0.1, 0.15) is 0 Å². The van der Waals surface area contributed by atoms with Gasteiger partial charge in [-0.15, -0.1) is 12.4 Å². The van der Waals surface area contributed by atoms with E-state index in [9.17, 15) is 9.59 Å². The van der Waals surface area contributed by atoms with Crippen LogP contribution in [-0.4, -0.2) is 17.9 Å². The summed E-state index contributed by atoms with van der Waals surface area (Å²) in [5, 5.41) is 5.50. The zero-order valence-corrected chi connectivity index (χ0v) is 12.8. The maximum absolute atomic E-state index is 11.8. The number of anilines is 2. The Hall–Kier alpha value is -1.59. The third kappa shape index (κ3) is 6.54. The number of rotatable bonds is 5. The second-order valence-corrected chi connectivity index (χ2v) is 4.79. The van der Waals surface area contributed by atoms with E-state index in [1.807, 2.05) is 26.0 Å². The van der Waals surface area contributed by atoms with Crippen LogP contribution >= 0.6 is 12.4 Å². The molecule has 0 aliphatic rings. The maximum Gasteiger partial charge on any atom is 0.224 e. The van der Waals surface area contributed by atoms with Crippen molar-refractivity contribution in [3.63, 3.8) is 0 Å². The van der Waals surface area contributed by atoms with Gasteiger partial charge in [-0.1, -0.05) is 6.07 Å². The van der Waals surface area contributed by atoms with E-state index in [-0.39, 0.29) is 30.3 Å². The molecule has 0 heterocycles. The van der Waals surface area contributed by atoms with Crippen molar-refractivity contribution < 1.29 is 9.59 Å². The Morgan fingerprint density at radius 3 is 2.45 bits per heavy atom. The summed E-state index contributed by atoms with van der Waals surface area (Å²) in [5.74, 6) is -0.274. The van der Waals surface area contributed by atoms with Crippen molar-refractivity contribution in [3.05, 3.63) is 23.8 Å². The van der Waals surface area contributed by atoms with Crippen LogP contribution in [0.2, 0.25) is 0 Å². The number of carbonyl (C=O) groups excluding carboxylic acids is 2. The van der Waals surface area contributed by atoms with Gasteiger partial charge >= 0.3 is 0 Å². The van der Waals surface area contributed by atoms with E-state index in [0.29, 0.717) is 24.2 Å². The fourth-order valence-corrected chi connectivity index (χ4v) is 1.63. The van der Waals surface area contributed by atoms with Crippen molar-refractivity contribution >= 4 is 35.6 Å². The minimum absolute atomic E-state index is 0. The number of hydrogen-bond acceptors (Lipinski definition) is 3. The zero-order valence-electron chi connectivity index (χ0n) is 12.0. The van der Waals surface area contributed by atoms with Gasteiger partial charge < -0.3 is 16.4 Å². The smallest absolute Gasteiger partial charge is 0.224 e. The predicted octanol–water partition coefficient (Wildman–Crippen LogP) is 2.44. The SMILES string of the molecule is CC(=O)Nc1ccc(C)cc1NC(=O)CCC(C)N.Cl. The third-order valence-corrected chi connectivity index (χ3v) is 2.59. The number of hydrogen-bond donors (Lipinski definition) is 3. The highest BCUT2D eigenvalue weighted by molar-refractivity contribution is 5.99. The molecule has 1 unspecified atom stereocenters. The quantitative estimate of drug-likeness (QED) is 0.781. The molecule has 0 saturated carbocycles. The molecule has 20 heavy (non-hydrogen) atoms. The average Bonchev–Trinajstić information content (AvgIpc) is 2.29. The van der Waals surface area contributed by atoms with Crippen molar-refractivity contribution in [3.8, 4) is 0 Å². The Bertz CT molecular complexity index is 475. The summed E-state index contributed by atoms with van der Waals surface area (Å²) in [7, 11) is 0. The highest BCUT2D eigenvalue weighted by Gasteiger charge is 2.09. The molecule has 0 aromatic heterocycles. The Labute approximate surface area is 125 Å². The second-order valence-electron chi connectivity index (χ2n) is 4.79. The van der Waals surface area contributed by atoms with Gasteiger partial charge in [-0.3, -0.25) is 9.59 Å². The van der Waals surface area contributed by atoms with Crippen molar-refractivity contribution in [2.45, 2.75) is 39.7 Å². The van der Waals surface area contributed by atoms with E-state index in [0.717, 1.165) is 5.56 Å². The van der Waals surface area contributed by atoms with Gasteiger partial charge in [-0.05, 0) is 38.0 Å². The van der Waals surface area contributed by atoms with E-state index in [1.165, 1.54) is 6.92 Å². The lowest BCUT2D eigenvalue weighted by Crippen LogP contribution is -2.20. The summed E-state index contributed by atoms with van der Waals surface area (Å²) in [5.41, 5.74) is 7.85.